The Labute approximate surface area is 164 Å². The number of hydrogen-bond donors (Lipinski definition) is 1. The Kier molecular flexibility index (Phi) is 6.86. The summed E-state index contributed by atoms with van der Waals surface area (Å²) in [6, 6.07) is 13.9. The predicted octanol–water partition coefficient (Wildman–Crippen LogP) is 2.69. The quantitative estimate of drug-likeness (QED) is 0.576. The van der Waals surface area contributed by atoms with Gasteiger partial charge >= 0.3 is 5.97 Å². The van der Waals surface area contributed by atoms with Crippen LogP contribution in [0.25, 0.3) is 0 Å². The van der Waals surface area contributed by atoms with E-state index in [-0.39, 0.29) is 5.97 Å². The molecule has 0 aliphatic carbocycles. The molecule has 146 valence electrons. The lowest BCUT2D eigenvalue weighted by Crippen LogP contribution is -2.18. The molecule has 0 saturated carbocycles. The minimum absolute atomic E-state index is 0.357. The maximum absolute atomic E-state index is 11.7. The van der Waals surface area contributed by atoms with Crippen molar-refractivity contribution in [3.8, 4) is 0 Å². The Morgan fingerprint density at radius 3 is 2.79 bits per heavy atom. The van der Waals surface area contributed by atoms with Crippen LogP contribution in [0.2, 0.25) is 0 Å². The number of aromatic nitrogens is 4. The molecule has 2 aromatic heterocycles. The van der Waals surface area contributed by atoms with Crippen molar-refractivity contribution in [1.82, 2.24) is 25.1 Å². The van der Waals surface area contributed by atoms with Crippen molar-refractivity contribution in [2.75, 3.05) is 7.11 Å². The molecule has 3 rings (SSSR count). The van der Waals surface area contributed by atoms with E-state index >= 15 is 0 Å². The molecule has 0 saturated heterocycles. The first-order chi connectivity index (χ1) is 13.7. The molecule has 0 spiro atoms. The van der Waals surface area contributed by atoms with Gasteiger partial charge in [0.15, 0.2) is 0 Å². The van der Waals surface area contributed by atoms with Crippen molar-refractivity contribution in [2.45, 2.75) is 39.4 Å². The van der Waals surface area contributed by atoms with Gasteiger partial charge in [-0.1, -0.05) is 30.3 Å². The van der Waals surface area contributed by atoms with E-state index < -0.39 is 0 Å². The lowest BCUT2D eigenvalue weighted by atomic mass is 10.1. The number of nitrogens with one attached hydrogen (secondary N) is 1. The zero-order chi connectivity index (χ0) is 19.8. The average molecular weight is 379 g/mol. The lowest BCUT2D eigenvalue weighted by Gasteiger charge is -2.09. The van der Waals surface area contributed by atoms with Crippen molar-refractivity contribution >= 4 is 5.97 Å². The predicted molar refractivity (Wildman–Crippen MR) is 106 cm³/mol. The van der Waals surface area contributed by atoms with Crippen LogP contribution >= 0.6 is 0 Å². The summed E-state index contributed by atoms with van der Waals surface area (Å²) in [4.78, 5) is 16.2. The molecule has 0 unspecified atom stereocenters. The molecule has 0 amide bonds. The maximum Gasteiger partial charge on any atom is 0.337 e. The van der Waals surface area contributed by atoms with E-state index in [0.29, 0.717) is 18.7 Å². The van der Waals surface area contributed by atoms with Gasteiger partial charge in [-0.25, -0.2) is 4.79 Å². The molecule has 28 heavy (non-hydrogen) atoms. The van der Waals surface area contributed by atoms with E-state index in [1.54, 1.807) is 18.5 Å². The summed E-state index contributed by atoms with van der Waals surface area (Å²) in [5.41, 5.74) is 3.41. The van der Waals surface area contributed by atoms with E-state index in [1.165, 1.54) is 12.7 Å². The first-order valence-electron chi connectivity index (χ1n) is 9.33. The van der Waals surface area contributed by atoms with Gasteiger partial charge in [-0.05, 0) is 37.5 Å². The third kappa shape index (κ3) is 5.47. The highest BCUT2D eigenvalue weighted by atomic mass is 16.5. The van der Waals surface area contributed by atoms with Crippen LogP contribution in [-0.4, -0.2) is 32.8 Å². The standard InChI is InChI=1S/C21H25N5O2/c1-16-11-18(21(27)28-2)12-19(24-16)13-22-14-20-25-23-15-26(20)10-6-9-17-7-4-3-5-8-17/h3-5,7-8,11-12,15,22H,6,9-10,13-14H2,1-2H3. The molecule has 7 heteroatoms. The van der Waals surface area contributed by atoms with Gasteiger partial charge in [0.25, 0.3) is 0 Å². The molecule has 0 radical (unpaired) electrons. The third-order valence-corrected chi connectivity index (χ3v) is 4.42. The lowest BCUT2D eigenvalue weighted by molar-refractivity contribution is 0.0600. The highest BCUT2D eigenvalue weighted by Crippen LogP contribution is 2.08. The molecule has 7 nitrogen and oxygen atoms in total. The Hall–Kier alpha value is -3.06. The van der Waals surface area contributed by atoms with Crippen molar-refractivity contribution in [3.63, 3.8) is 0 Å². The first kappa shape index (κ1) is 19.7. The minimum atomic E-state index is -0.357. The number of esters is 1. The number of pyridine rings is 1. The van der Waals surface area contributed by atoms with Crippen LogP contribution in [0, 0.1) is 6.92 Å². The molecule has 0 aliphatic rings. The molecular weight excluding hydrogens is 354 g/mol. The zero-order valence-corrected chi connectivity index (χ0v) is 16.3. The normalized spacial score (nSPS) is 10.8. The molecule has 0 atom stereocenters. The maximum atomic E-state index is 11.7. The molecule has 0 bridgehead atoms. The van der Waals surface area contributed by atoms with Gasteiger partial charge in [0, 0.05) is 18.8 Å². The third-order valence-electron chi connectivity index (χ3n) is 4.42. The number of ether oxygens (including phenoxy) is 1. The van der Waals surface area contributed by atoms with Gasteiger partial charge in [0.1, 0.15) is 12.2 Å². The Morgan fingerprint density at radius 2 is 2.00 bits per heavy atom. The monoisotopic (exact) mass is 379 g/mol. The van der Waals surface area contributed by atoms with E-state index in [1.807, 2.05) is 13.0 Å². The van der Waals surface area contributed by atoms with Crippen molar-refractivity contribution < 1.29 is 9.53 Å². The van der Waals surface area contributed by atoms with Crippen LogP contribution in [0.4, 0.5) is 0 Å². The second kappa shape index (κ2) is 9.75. The first-order valence-corrected chi connectivity index (χ1v) is 9.33. The molecule has 0 aliphatic heterocycles. The number of aryl methyl sites for hydroxylation is 3. The number of rotatable bonds is 9. The van der Waals surface area contributed by atoms with Crippen molar-refractivity contribution in [2.24, 2.45) is 0 Å². The van der Waals surface area contributed by atoms with E-state index in [4.69, 9.17) is 4.74 Å². The summed E-state index contributed by atoms with van der Waals surface area (Å²) >= 11 is 0. The number of methoxy groups -OCH3 is 1. The van der Waals surface area contributed by atoms with Crippen LogP contribution in [0.5, 0.6) is 0 Å². The van der Waals surface area contributed by atoms with Gasteiger partial charge in [-0.3, -0.25) is 4.98 Å². The van der Waals surface area contributed by atoms with Crippen LogP contribution in [0.3, 0.4) is 0 Å². The Bertz CT molecular complexity index is 908. The largest absolute Gasteiger partial charge is 0.465 e. The second-order valence-corrected chi connectivity index (χ2v) is 6.61. The molecule has 3 aromatic rings. The fraction of sp³-hybridized carbons (Fsp3) is 0.333. The molecular formula is C21H25N5O2. The number of nitrogens with zero attached hydrogens (tertiary/aromatic N) is 4. The second-order valence-electron chi connectivity index (χ2n) is 6.61. The van der Waals surface area contributed by atoms with Crippen molar-refractivity contribution in [3.05, 3.63) is 77.1 Å². The summed E-state index contributed by atoms with van der Waals surface area (Å²) in [6.45, 7) is 3.84. The van der Waals surface area contributed by atoms with Crippen LogP contribution in [-0.2, 0) is 30.8 Å². The van der Waals surface area contributed by atoms with E-state index in [2.05, 4.69) is 49.3 Å². The summed E-state index contributed by atoms with van der Waals surface area (Å²) in [7, 11) is 1.38. The van der Waals surface area contributed by atoms with Crippen molar-refractivity contribution in [1.29, 1.82) is 0 Å². The smallest absolute Gasteiger partial charge is 0.337 e. The number of carbonyl (C=O) groups excluding carboxylic acids is 1. The minimum Gasteiger partial charge on any atom is -0.465 e. The summed E-state index contributed by atoms with van der Waals surface area (Å²) in [5.74, 6) is 0.527. The van der Waals surface area contributed by atoms with Gasteiger partial charge < -0.3 is 14.6 Å². The fourth-order valence-electron chi connectivity index (χ4n) is 3.07. The molecule has 0 fully saturated rings. The topological polar surface area (TPSA) is 81.9 Å². The highest BCUT2D eigenvalue weighted by molar-refractivity contribution is 5.89. The molecule has 1 aromatic carbocycles. The number of carbonyl (C=O) groups is 1. The molecule has 2 heterocycles. The Balaban J connectivity index is 1.51. The van der Waals surface area contributed by atoms with Crippen LogP contribution in [0.15, 0.2) is 48.8 Å². The number of benzene rings is 1. The van der Waals surface area contributed by atoms with Crippen LogP contribution in [0.1, 0.15) is 39.6 Å². The van der Waals surface area contributed by atoms with E-state index in [0.717, 1.165) is 36.6 Å². The van der Waals surface area contributed by atoms with Gasteiger partial charge in [-0.2, -0.15) is 0 Å². The van der Waals surface area contributed by atoms with E-state index in [9.17, 15) is 4.79 Å². The highest BCUT2D eigenvalue weighted by Gasteiger charge is 2.09. The fourth-order valence-corrected chi connectivity index (χ4v) is 3.07. The Morgan fingerprint density at radius 1 is 1.18 bits per heavy atom. The van der Waals surface area contributed by atoms with Crippen LogP contribution < -0.4 is 5.32 Å². The molecule has 1 N–H and O–H groups in total. The summed E-state index contributed by atoms with van der Waals surface area (Å²) < 4.78 is 6.86. The SMILES string of the molecule is COC(=O)c1cc(C)nc(CNCc2nncn2CCCc2ccccc2)c1. The van der Waals surface area contributed by atoms with Gasteiger partial charge in [0.05, 0.1) is 24.9 Å². The number of hydrogen-bond acceptors (Lipinski definition) is 6. The zero-order valence-electron chi connectivity index (χ0n) is 16.3. The van der Waals surface area contributed by atoms with Gasteiger partial charge in [0.2, 0.25) is 0 Å². The van der Waals surface area contributed by atoms with Gasteiger partial charge in [-0.15, -0.1) is 10.2 Å². The summed E-state index contributed by atoms with van der Waals surface area (Å²) in [6.07, 6.45) is 3.81. The summed E-state index contributed by atoms with van der Waals surface area (Å²) in [5, 5.41) is 11.6. The average Bonchev–Trinajstić information content (AvgIpc) is 3.15.